The Bertz CT molecular complexity index is 445. The van der Waals surface area contributed by atoms with E-state index in [-0.39, 0.29) is 10.6 Å². The van der Waals surface area contributed by atoms with Crippen molar-refractivity contribution >= 4 is 10.0 Å². The smallest absolute Gasteiger partial charge is 0.252 e. The van der Waals surface area contributed by atoms with Gasteiger partial charge in [-0.1, -0.05) is 0 Å². The minimum atomic E-state index is -3.95. The number of halogens is 2. The Balaban J connectivity index is 3.35. The average Bonchev–Trinajstić information content (AvgIpc) is 2.01. The second-order valence-corrected chi connectivity index (χ2v) is 4.28. The van der Waals surface area contributed by atoms with Crippen LogP contribution < -0.4 is 5.14 Å². The fraction of sp³-hybridized carbons (Fsp3) is 0.286. The van der Waals surface area contributed by atoms with Crippen LogP contribution in [0.1, 0.15) is 17.8 Å². The van der Waals surface area contributed by atoms with Gasteiger partial charge in [-0.2, -0.15) is 0 Å². The lowest BCUT2D eigenvalue weighted by Gasteiger charge is -2.03. The molecule has 14 heavy (non-hydrogen) atoms. The summed E-state index contributed by atoms with van der Waals surface area (Å²) in [5.74, 6) is 0. The molecule has 0 aromatic carbocycles. The van der Waals surface area contributed by atoms with E-state index in [9.17, 15) is 17.2 Å². The largest absolute Gasteiger partial charge is 0.280 e. The number of sulfonamides is 1. The molecule has 0 aliphatic carbocycles. The third kappa shape index (κ3) is 2.46. The van der Waals surface area contributed by atoms with E-state index in [1.807, 2.05) is 0 Å². The van der Waals surface area contributed by atoms with Crippen molar-refractivity contribution in [1.82, 2.24) is 4.98 Å². The molecule has 0 radical (unpaired) electrons. The first kappa shape index (κ1) is 11.0. The second-order valence-electron chi connectivity index (χ2n) is 2.71. The van der Waals surface area contributed by atoms with Gasteiger partial charge in [0.15, 0.2) is 0 Å². The number of primary sulfonamides is 1. The van der Waals surface area contributed by atoms with E-state index in [1.54, 1.807) is 0 Å². The van der Waals surface area contributed by atoms with E-state index in [0.717, 1.165) is 12.1 Å². The number of nitrogens with two attached hydrogens (primary N) is 1. The van der Waals surface area contributed by atoms with Gasteiger partial charge in [0.1, 0.15) is 5.69 Å². The number of pyridine rings is 1. The first-order chi connectivity index (χ1) is 6.30. The summed E-state index contributed by atoms with van der Waals surface area (Å²) in [6.07, 6.45) is -2.81. The summed E-state index contributed by atoms with van der Waals surface area (Å²) in [6, 6.07) is 1.91. The van der Waals surface area contributed by atoms with Crippen LogP contribution in [0.15, 0.2) is 17.0 Å². The van der Waals surface area contributed by atoms with Crippen LogP contribution >= 0.6 is 0 Å². The van der Waals surface area contributed by atoms with Gasteiger partial charge >= 0.3 is 0 Å². The molecular formula is C7H8F2N2O2S. The lowest BCUT2D eigenvalue weighted by atomic mass is 10.3. The van der Waals surface area contributed by atoms with Crippen molar-refractivity contribution in [3.05, 3.63) is 23.5 Å². The van der Waals surface area contributed by atoms with E-state index >= 15 is 0 Å². The molecule has 1 heterocycles. The number of nitrogens with zero attached hydrogens (tertiary/aromatic N) is 1. The molecule has 0 atom stereocenters. The molecule has 1 rings (SSSR count). The number of rotatable bonds is 2. The topological polar surface area (TPSA) is 73.1 Å². The van der Waals surface area contributed by atoms with Crippen molar-refractivity contribution in [1.29, 1.82) is 0 Å². The average molecular weight is 222 g/mol. The maximum absolute atomic E-state index is 12.2. The normalized spacial score (nSPS) is 12.1. The van der Waals surface area contributed by atoms with Crippen LogP contribution in [-0.2, 0) is 10.0 Å². The molecule has 0 unspecified atom stereocenters. The number of hydrogen-bond acceptors (Lipinski definition) is 3. The van der Waals surface area contributed by atoms with Crippen LogP contribution in [0.25, 0.3) is 0 Å². The maximum atomic E-state index is 12.2. The SMILES string of the molecule is Cc1cc(S(N)(=O)=O)cc(C(F)F)n1. The van der Waals surface area contributed by atoms with Crippen molar-refractivity contribution < 1.29 is 17.2 Å². The summed E-state index contributed by atoms with van der Waals surface area (Å²) in [6.45, 7) is 1.42. The van der Waals surface area contributed by atoms with Gasteiger partial charge < -0.3 is 0 Å². The van der Waals surface area contributed by atoms with Gasteiger partial charge in [0.2, 0.25) is 10.0 Å². The lowest BCUT2D eigenvalue weighted by Crippen LogP contribution is -2.13. The van der Waals surface area contributed by atoms with E-state index in [1.165, 1.54) is 6.92 Å². The molecule has 0 aliphatic rings. The first-order valence-corrected chi connectivity index (χ1v) is 5.15. The Morgan fingerprint density at radius 3 is 2.43 bits per heavy atom. The van der Waals surface area contributed by atoms with Gasteiger partial charge in [-0.15, -0.1) is 0 Å². The van der Waals surface area contributed by atoms with Crippen LogP contribution in [0.2, 0.25) is 0 Å². The molecule has 0 fully saturated rings. The number of alkyl halides is 2. The molecule has 0 saturated carbocycles. The number of aryl methyl sites for hydroxylation is 1. The van der Waals surface area contributed by atoms with Crippen molar-refractivity contribution in [2.75, 3.05) is 0 Å². The Morgan fingerprint density at radius 2 is 2.00 bits per heavy atom. The van der Waals surface area contributed by atoms with Crippen molar-refractivity contribution in [3.8, 4) is 0 Å². The molecule has 7 heteroatoms. The van der Waals surface area contributed by atoms with Crippen molar-refractivity contribution in [3.63, 3.8) is 0 Å². The summed E-state index contributed by atoms with van der Waals surface area (Å²) < 4.78 is 46.2. The lowest BCUT2D eigenvalue weighted by molar-refractivity contribution is 0.145. The molecule has 0 bridgehead atoms. The highest BCUT2D eigenvalue weighted by Crippen LogP contribution is 2.19. The molecular weight excluding hydrogens is 214 g/mol. The van der Waals surface area contributed by atoms with Gasteiger partial charge in [-0.25, -0.2) is 22.3 Å². The van der Waals surface area contributed by atoms with E-state index < -0.39 is 22.1 Å². The summed E-state index contributed by atoms with van der Waals surface area (Å²) in [4.78, 5) is 3.13. The Kier molecular flexibility index (Phi) is 2.81. The highest BCUT2D eigenvalue weighted by Gasteiger charge is 2.15. The molecule has 2 N–H and O–H groups in total. The van der Waals surface area contributed by atoms with Gasteiger partial charge in [-0.05, 0) is 19.1 Å². The van der Waals surface area contributed by atoms with Crippen LogP contribution in [-0.4, -0.2) is 13.4 Å². The second kappa shape index (κ2) is 3.58. The summed E-state index contributed by atoms with van der Waals surface area (Å²) in [5, 5.41) is 4.79. The zero-order valence-electron chi connectivity index (χ0n) is 7.24. The molecule has 0 amide bonds. The molecule has 0 saturated heterocycles. The minimum absolute atomic E-state index is 0.187. The van der Waals surface area contributed by atoms with Crippen LogP contribution in [0, 0.1) is 6.92 Å². The maximum Gasteiger partial charge on any atom is 0.280 e. The number of hydrogen-bond donors (Lipinski definition) is 1. The van der Waals surface area contributed by atoms with E-state index in [2.05, 4.69) is 4.98 Å². The highest BCUT2D eigenvalue weighted by atomic mass is 32.2. The van der Waals surface area contributed by atoms with Crippen molar-refractivity contribution in [2.24, 2.45) is 5.14 Å². The van der Waals surface area contributed by atoms with Gasteiger partial charge in [0, 0.05) is 5.69 Å². The van der Waals surface area contributed by atoms with Gasteiger partial charge in [0.25, 0.3) is 6.43 Å². The van der Waals surface area contributed by atoms with Gasteiger partial charge in [0.05, 0.1) is 4.90 Å². The fourth-order valence-electron chi connectivity index (χ4n) is 0.938. The fourth-order valence-corrected chi connectivity index (χ4v) is 1.56. The van der Waals surface area contributed by atoms with E-state index in [4.69, 9.17) is 5.14 Å². The Morgan fingerprint density at radius 1 is 1.43 bits per heavy atom. The standard InChI is InChI=1S/C7H8F2N2O2S/c1-4-2-5(14(10,12)13)3-6(11-4)7(8)9/h2-3,7H,1H3,(H2,10,12,13). The quantitative estimate of drug-likeness (QED) is 0.810. The predicted molar refractivity (Wildman–Crippen MR) is 45.3 cm³/mol. The summed E-state index contributed by atoms with van der Waals surface area (Å²) >= 11 is 0. The third-order valence-corrected chi connectivity index (χ3v) is 2.39. The Hall–Kier alpha value is -1.08. The summed E-state index contributed by atoms with van der Waals surface area (Å²) in [5.41, 5.74) is -0.402. The zero-order valence-corrected chi connectivity index (χ0v) is 8.05. The molecule has 0 spiro atoms. The van der Waals surface area contributed by atoms with Crippen molar-refractivity contribution in [2.45, 2.75) is 18.2 Å². The third-order valence-electron chi connectivity index (χ3n) is 1.50. The van der Waals surface area contributed by atoms with Gasteiger partial charge in [-0.3, -0.25) is 4.98 Å². The van der Waals surface area contributed by atoms with Crippen LogP contribution in [0.3, 0.4) is 0 Å². The van der Waals surface area contributed by atoms with E-state index in [0.29, 0.717) is 0 Å². The molecule has 0 aliphatic heterocycles. The monoisotopic (exact) mass is 222 g/mol. The minimum Gasteiger partial charge on any atom is -0.252 e. The zero-order chi connectivity index (χ0) is 10.9. The molecule has 4 nitrogen and oxygen atoms in total. The molecule has 1 aromatic heterocycles. The molecule has 1 aromatic rings. The first-order valence-electron chi connectivity index (χ1n) is 3.60. The summed E-state index contributed by atoms with van der Waals surface area (Å²) in [7, 11) is -3.95. The van der Waals surface area contributed by atoms with Crippen LogP contribution in [0.4, 0.5) is 8.78 Å². The number of aromatic nitrogens is 1. The predicted octanol–water partition coefficient (Wildman–Crippen LogP) is 0.975. The Labute approximate surface area is 79.8 Å². The van der Waals surface area contributed by atoms with Crippen LogP contribution in [0.5, 0.6) is 0 Å². The highest BCUT2D eigenvalue weighted by molar-refractivity contribution is 7.89. The molecule has 78 valence electrons.